The van der Waals surface area contributed by atoms with Gasteiger partial charge in [0.25, 0.3) is 0 Å². The Morgan fingerprint density at radius 1 is 1.16 bits per heavy atom. The van der Waals surface area contributed by atoms with Crippen molar-refractivity contribution in [2.24, 2.45) is 0 Å². The van der Waals surface area contributed by atoms with Crippen LogP contribution in [-0.2, 0) is 25.7 Å². The minimum absolute atomic E-state index is 0.291. The number of pyridine rings is 1. The zero-order chi connectivity index (χ0) is 17.6. The van der Waals surface area contributed by atoms with Gasteiger partial charge in [-0.3, -0.25) is 4.98 Å². The Labute approximate surface area is 143 Å². The van der Waals surface area contributed by atoms with Crippen LogP contribution in [0.1, 0.15) is 22.4 Å². The summed E-state index contributed by atoms with van der Waals surface area (Å²) in [7, 11) is 2.00. The monoisotopic (exact) mass is 345 g/mol. The van der Waals surface area contributed by atoms with Crippen molar-refractivity contribution in [2.45, 2.75) is 25.7 Å². The Balaban J connectivity index is 1.99. The maximum Gasteiger partial charge on any atom is 0.418 e. The van der Waals surface area contributed by atoms with Crippen molar-refractivity contribution in [3.05, 3.63) is 65.1 Å². The molecule has 0 N–H and O–H groups in total. The van der Waals surface area contributed by atoms with Crippen molar-refractivity contribution in [3.8, 4) is 0 Å². The topological polar surface area (TPSA) is 21.1 Å². The summed E-state index contributed by atoms with van der Waals surface area (Å²) in [5.74, 6) is 0. The molecule has 3 heterocycles. The molecule has 0 bridgehead atoms. The number of para-hydroxylation sites is 1. The van der Waals surface area contributed by atoms with E-state index in [9.17, 15) is 13.2 Å². The zero-order valence-electron chi connectivity index (χ0n) is 13.8. The van der Waals surface area contributed by atoms with E-state index in [1.165, 1.54) is 12.1 Å². The first-order valence-corrected chi connectivity index (χ1v) is 8.23. The van der Waals surface area contributed by atoms with Crippen molar-refractivity contribution in [3.63, 3.8) is 0 Å². The Morgan fingerprint density at radius 3 is 2.72 bits per heavy atom. The van der Waals surface area contributed by atoms with Gasteiger partial charge in [0.2, 0.25) is 0 Å². The lowest BCUT2D eigenvalue weighted by Gasteiger charge is -2.24. The van der Waals surface area contributed by atoms with Gasteiger partial charge >= 0.3 is 6.18 Å². The number of halogens is 3. The number of benzene rings is 1. The second-order valence-electron chi connectivity index (χ2n) is 6.56. The summed E-state index contributed by atoms with van der Waals surface area (Å²) in [5, 5.41) is 0.709. The van der Waals surface area contributed by atoms with E-state index in [-0.39, 0.29) is 0 Å². The molecule has 1 aromatic carbocycles. The molecule has 0 unspecified atom stereocenters. The van der Waals surface area contributed by atoms with Gasteiger partial charge in [0.15, 0.2) is 0 Å². The number of hydrogen-bond acceptors (Lipinski definition) is 2. The van der Waals surface area contributed by atoms with E-state index in [4.69, 9.17) is 0 Å². The lowest BCUT2D eigenvalue weighted by atomic mass is 10.0. The van der Waals surface area contributed by atoms with Crippen molar-refractivity contribution in [1.29, 1.82) is 0 Å². The first-order chi connectivity index (χ1) is 11.9. The number of fused-ring (bicyclic) bond motifs is 3. The molecule has 2 aromatic heterocycles. The Hall–Kier alpha value is -2.34. The minimum Gasteiger partial charge on any atom is -0.339 e. The molecule has 4 rings (SSSR count). The molecule has 3 aromatic rings. The highest BCUT2D eigenvalue weighted by Crippen LogP contribution is 2.39. The van der Waals surface area contributed by atoms with Gasteiger partial charge in [0.05, 0.1) is 11.1 Å². The summed E-state index contributed by atoms with van der Waals surface area (Å²) in [5.41, 5.74) is 2.65. The maximum atomic E-state index is 13.6. The Morgan fingerprint density at radius 2 is 2.00 bits per heavy atom. The fourth-order valence-electron chi connectivity index (χ4n) is 3.72. The quantitative estimate of drug-likeness (QED) is 0.697. The molecule has 6 heteroatoms. The van der Waals surface area contributed by atoms with Crippen molar-refractivity contribution >= 4 is 10.9 Å². The minimum atomic E-state index is -4.38. The number of nitrogens with zero attached hydrogens (tertiary/aromatic N) is 3. The number of likely N-dealkylation sites (N-methyl/N-ethyl adjacent to an activating group) is 1. The summed E-state index contributed by atoms with van der Waals surface area (Å²) < 4.78 is 42.8. The van der Waals surface area contributed by atoms with Crippen LogP contribution in [0.25, 0.3) is 10.9 Å². The fourth-order valence-corrected chi connectivity index (χ4v) is 3.72. The first-order valence-electron chi connectivity index (χ1n) is 8.23. The molecule has 0 saturated carbocycles. The largest absolute Gasteiger partial charge is 0.418 e. The molecule has 0 atom stereocenters. The van der Waals surface area contributed by atoms with Crippen LogP contribution < -0.4 is 0 Å². The van der Waals surface area contributed by atoms with Crippen molar-refractivity contribution < 1.29 is 13.2 Å². The highest BCUT2D eigenvalue weighted by Gasteiger charge is 2.35. The van der Waals surface area contributed by atoms with E-state index in [1.54, 1.807) is 12.4 Å². The molecule has 0 spiro atoms. The van der Waals surface area contributed by atoms with E-state index in [0.29, 0.717) is 24.0 Å². The lowest BCUT2D eigenvalue weighted by molar-refractivity contribution is -0.136. The molecule has 0 radical (unpaired) electrons. The molecule has 130 valence electrons. The smallest absolute Gasteiger partial charge is 0.339 e. The summed E-state index contributed by atoms with van der Waals surface area (Å²) >= 11 is 0. The van der Waals surface area contributed by atoms with Gasteiger partial charge in [0.1, 0.15) is 0 Å². The summed E-state index contributed by atoms with van der Waals surface area (Å²) in [4.78, 5) is 6.25. The normalized spacial score (nSPS) is 15.5. The third-order valence-corrected chi connectivity index (χ3v) is 4.83. The first kappa shape index (κ1) is 16.1. The lowest BCUT2D eigenvalue weighted by Crippen LogP contribution is -2.27. The highest BCUT2D eigenvalue weighted by molar-refractivity contribution is 5.89. The van der Waals surface area contributed by atoms with Gasteiger partial charge in [-0.1, -0.05) is 18.2 Å². The third kappa shape index (κ3) is 2.80. The second-order valence-corrected chi connectivity index (χ2v) is 6.56. The van der Waals surface area contributed by atoms with E-state index in [1.807, 2.05) is 29.8 Å². The Kier molecular flexibility index (Phi) is 3.80. The van der Waals surface area contributed by atoms with Crippen LogP contribution >= 0.6 is 0 Å². The van der Waals surface area contributed by atoms with Gasteiger partial charge in [-0.05, 0) is 30.3 Å². The number of aromatic nitrogens is 2. The van der Waals surface area contributed by atoms with Crippen LogP contribution in [0.5, 0.6) is 0 Å². The molecule has 1 aliphatic heterocycles. The SMILES string of the molecule is CN1CCc2c(c3cccc(C(F)(F)F)c3n2Cc2cccnc2)C1. The number of rotatable bonds is 2. The van der Waals surface area contributed by atoms with Gasteiger partial charge < -0.3 is 9.47 Å². The molecule has 3 nitrogen and oxygen atoms in total. The number of alkyl halides is 3. The van der Waals surface area contributed by atoms with Crippen molar-refractivity contribution in [1.82, 2.24) is 14.5 Å². The maximum absolute atomic E-state index is 13.6. The standard InChI is InChI=1S/C19H18F3N3/c1-24-9-7-17-15(12-24)14-5-2-6-16(19(20,21)22)18(14)25(17)11-13-4-3-8-23-10-13/h2-6,8,10H,7,9,11-12H2,1H3. The van der Waals surface area contributed by atoms with Crippen LogP contribution in [0.2, 0.25) is 0 Å². The van der Waals surface area contributed by atoms with Crippen LogP contribution in [0.15, 0.2) is 42.7 Å². The summed E-state index contributed by atoms with van der Waals surface area (Å²) in [6.45, 7) is 1.92. The van der Waals surface area contributed by atoms with Crippen LogP contribution in [0.4, 0.5) is 13.2 Å². The molecule has 0 amide bonds. The van der Waals surface area contributed by atoms with E-state index in [2.05, 4.69) is 9.88 Å². The molecule has 1 aliphatic rings. The Bertz CT molecular complexity index is 913. The highest BCUT2D eigenvalue weighted by atomic mass is 19.4. The molecular formula is C19H18F3N3. The molecule has 0 fully saturated rings. The third-order valence-electron chi connectivity index (χ3n) is 4.83. The van der Waals surface area contributed by atoms with Gasteiger partial charge in [-0.2, -0.15) is 13.2 Å². The van der Waals surface area contributed by atoms with Crippen molar-refractivity contribution in [2.75, 3.05) is 13.6 Å². The van der Waals surface area contributed by atoms with E-state index < -0.39 is 11.7 Å². The fraction of sp³-hybridized carbons (Fsp3) is 0.316. The van der Waals surface area contributed by atoms with Crippen LogP contribution in [0, 0.1) is 0 Å². The number of hydrogen-bond donors (Lipinski definition) is 0. The second kappa shape index (κ2) is 5.88. The molecular weight excluding hydrogens is 327 g/mol. The van der Waals surface area contributed by atoms with Crippen LogP contribution in [0.3, 0.4) is 0 Å². The van der Waals surface area contributed by atoms with Gasteiger partial charge in [-0.25, -0.2) is 0 Å². The van der Waals surface area contributed by atoms with E-state index >= 15 is 0 Å². The molecule has 25 heavy (non-hydrogen) atoms. The summed E-state index contributed by atoms with van der Waals surface area (Å²) in [6.07, 6.45) is -0.247. The summed E-state index contributed by atoms with van der Waals surface area (Å²) in [6, 6.07) is 8.20. The van der Waals surface area contributed by atoms with Gasteiger partial charge in [-0.15, -0.1) is 0 Å². The average Bonchev–Trinajstić information content (AvgIpc) is 2.88. The predicted octanol–water partition coefficient (Wildman–Crippen LogP) is 4.09. The van der Waals surface area contributed by atoms with Gasteiger partial charge in [0, 0.05) is 49.5 Å². The molecule has 0 aliphatic carbocycles. The average molecular weight is 345 g/mol. The molecule has 0 saturated heterocycles. The van der Waals surface area contributed by atoms with Crippen LogP contribution in [-0.4, -0.2) is 28.0 Å². The predicted molar refractivity (Wildman–Crippen MR) is 90.3 cm³/mol. The van der Waals surface area contributed by atoms with E-state index in [0.717, 1.165) is 29.8 Å². The zero-order valence-corrected chi connectivity index (χ0v) is 13.8.